The van der Waals surface area contributed by atoms with Gasteiger partial charge in [-0.15, -0.1) is 0 Å². The Kier molecular flexibility index (Phi) is 4.75. The minimum Gasteiger partial charge on any atom is -0.497 e. The van der Waals surface area contributed by atoms with Crippen LogP contribution in [0.4, 0.5) is 5.69 Å². The number of carbonyl (C=O) groups excluding carboxylic acids is 1. The van der Waals surface area contributed by atoms with Crippen LogP contribution in [0.3, 0.4) is 0 Å². The molecule has 0 radical (unpaired) electrons. The number of rotatable bonds is 5. The van der Waals surface area contributed by atoms with Crippen molar-refractivity contribution in [2.75, 3.05) is 26.1 Å². The number of anilines is 1. The zero-order valence-corrected chi connectivity index (χ0v) is 9.40. The second kappa shape index (κ2) is 6.09. The summed E-state index contributed by atoms with van der Waals surface area (Å²) in [5, 5.41) is 2.70. The lowest BCUT2D eigenvalue weighted by Gasteiger charge is -2.13. The Balaban J connectivity index is 2.62. The maximum atomic E-state index is 11.6. The fourth-order valence-electron chi connectivity index (χ4n) is 1.21. The van der Waals surface area contributed by atoms with E-state index in [1.807, 2.05) is 0 Å². The Bertz CT molecular complexity index is 334. The van der Waals surface area contributed by atoms with Gasteiger partial charge in [-0.3, -0.25) is 4.79 Å². The van der Waals surface area contributed by atoms with E-state index in [9.17, 15) is 4.79 Å². The third kappa shape index (κ3) is 3.22. The number of methoxy groups -OCH3 is 2. The molecule has 0 aromatic heterocycles. The zero-order valence-electron chi connectivity index (χ0n) is 9.40. The van der Waals surface area contributed by atoms with E-state index >= 15 is 0 Å². The van der Waals surface area contributed by atoms with Gasteiger partial charge in [0.15, 0.2) is 0 Å². The van der Waals surface area contributed by atoms with Crippen molar-refractivity contribution in [1.82, 2.24) is 0 Å². The van der Waals surface area contributed by atoms with Gasteiger partial charge in [0.05, 0.1) is 7.11 Å². The number of hydrogen-bond donors (Lipinski definition) is 2. The van der Waals surface area contributed by atoms with Gasteiger partial charge in [-0.1, -0.05) is 0 Å². The second-order valence-corrected chi connectivity index (χ2v) is 3.18. The van der Waals surface area contributed by atoms with Crippen LogP contribution in [0.15, 0.2) is 24.3 Å². The van der Waals surface area contributed by atoms with Crippen molar-refractivity contribution >= 4 is 11.6 Å². The molecule has 1 aromatic rings. The van der Waals surface area contributed by atoms with Crippen LogP contribution < -0.4 is 15.8 Å². The van der Waals surface area contributed by atoms with Gasteiger partial charge >= 0.3 is 0 Å². The Labute approximate surface area is 94.5 Å². The van der Waals surface area contributed by atoms with Crippen molar-refractivity contribution < 1.29 is 14.3 Å². The molecule has 0 fully saturated rings. The Hall–Kier alpha value is -1.59. The molecule has 1 aromatic carbocycles. The van der Waals surface area contributed by atoms with Crippen molar-refractivity contribution in [3.63, 3.8) is 0 Å². The van der Waals surface area contributed by atoms with Crippen LogP contribution in [0.1, 0.15) is 0 Å². The molecule has 1 amide bonds. The van der Waals surface area contributed by atoms with Crippen LogP contribution >= 0.6 is 0 Å². The average molecular weight is 224 g/mol. The van der Waals surface area contributed by atoms with E-state index in [1.54, 1.807) is 31.4 Å². The lowest BCUT2D eigenvalue weighted by atomic mass is 10.2. The van der Waals surface area contributed by atoms with Crippen molar-refractivity contribution in [2.24, 2.45) is 5.73 Å². The Morgan fingerprint density at radius 3 is 2.44 bits per heavy atom. The first-order valence-electron chi connectivity index (χ1n) is 4.89. The van der Waals surface area contributed by atoms with Gasteiger partial charge in [-0.2, -0.15) is 0 Å². The summed E-state index contributed by atoms with van der Waals surface area (Å²) in [6.45, 7) is 0.151. The molecular weight excluding hydrogens is 208 g/mol. The van der Waals surface area contributed by atoms with Crippen LogP contribution in [-0.2, 0) is 9.53 Å². The molecule has 5 heteroatoms. The third-order valence-corrected chi connectivity index (χ3v) is 2.15. The highest BCUT2D eigenvalue weighted by molar-refractivity contribution is 5.94. The monoisotopic (exact) mass is 224 g/mol. The zero-order chi connectivity index (χ0) is 12.0. The van der Waals surface area contributed by atoms with Crippen LogP contribution in [0.5, 0.6) is 5.75 Å². The lowest BCUT2D eigenvalue weighted by Crippen LogP contribution is -2.35. The molecule has 1 unspecified atom stereocenters. The van der Waals surface area contributed by atoms with Crippen molar-refractivity contribution in [1.29, 1.82) is 0 Å². The lowest BCUT2D eigenvalue weighted by molar-refractivity contribution is -0.125. The largest absolute Gasteiger partial charge is 0.497 e. The standard InChI is InChI=1S/C11H16N2O3/c1-15-9-5-3-8(4-6-9)13-11(14)10(7-12)16-2/h3-6,10H,7,12H2,1-2H3,(H,13,14). The van der Waals surface area contributed by atoms with Crippen molar-refractivity contribution in [2.45, 2.75) is 6.10 Å². The van der Waals surface area contributed by atoms with E-state index in [0.717, 1.165) is 5.75 Å². The number of carbonyl (C=O) groups is 1. The smallest absolute Gasteiger partial charge is 0.254 e. The first-order chi connectivity index (χ1) is 7.71. The fourth-order valence-corrected chi connectivity index (χ4v) is 1.21. The highest BCUT2D eigenvalue weighted by Gasteiger charge is 2.15. The van der Waals surface area contributed by atoms with E-state index in [2.05, 4.69) is 5.32 Å². The molecule has 16 heavy (non-hydrogen) atoms. The molecular formula is C11H16N2O3. The van der Waals surface area contributed by atoms with Crippen LogP contribution in [0.2, 0.25) is 0 Å². The maximum absolute atomic E-state index is 11.6. The first-order valence-corrected chi connectivity index (χ1v) is 4.89. The summed E-state index contributed by atoms with van der Waals surface area (Å²) >= 11 is 0. The molecule has 88 valence electrons. The van der Waals surface area contributed by atoms with Crippen LogP contribution in [-0.4, -0.2) is 32.8 Å². The minimum atomic E-state index is -0.623. The van der Waals surface area contributed by atoms with Crippen LogP contribution in [0.25, 0.3) is 0 Å². The van der Waals surface area contributed by atoms with Gasteiger partial charge in [-0.25, -0.2) is 0 Å². The summed E-state index contributed by atoms with van der Waals surface area (Å²) in [5.74, 6) is 0.482. The first kappa shape index (κ1) is 12.5. The molecule has 0 aliphatic heterocycles. The number of benzene rings is 1. The molecule has 0 spiro atoms. The number of amides is 1. The normalized spacial score (nSPS) is 11.9. The van der Waals surface area contributed by atoms with E-state index in [1.165, 1.54) is 7.11 Å². The number of nitrogens with one attached hydrogen (secondary N) is 1. The quantitative estimate of drug-likeness (QED) is 0.768. The second-order valence-electron chi connectivity index (χ2n) is 3.18. The van der Waals surface area contributed by atoms with Gasteiger partial charge in [0.1, 0.15) is 11.9 Å². The van der Waals surface area contributed by atoms with E-state index in [0.29, 0.717) is 5.69 Å². The minimum absolute atomic E-state index is 0.151. The van der Waals surface area contributed by atoms with Gasteiger partial charge in [0.25, 0.3) is 5.91 Å². The summed E-state index contributed by atoms with van der Waals surface area (Å²) in [5.41, 5.74) is 6.06. The Morgan fingerprint density at radius 2 is 2.00 bits per heavy atom. The number of ether oxygens (including phenoxy) is 2. The third-order valence-electron chi connectivity index (χ3n) is 2.15. The summed E-state index contributed by atoms with van der Waals surface area (Å²) < 4.78 is 9.92. The van der Waals surface area contributed by atoms with E-state index in [-0.39, 0.29) is 12.5 Å². The Morgan fingerprint density at radius 1 is 1.38 bits per heavy atom. The maximum Gasteiger partial charge on any atom is 0.254 e. The molecule has 0 heterocycles. The van der Waals surface area contributed by atoms with Gasteiger partial charge in [0, 0.05) is 19.3 Å². The molecule has 0 bridgehead atoms. The summed E-state index contributed by atoms with van der Waals surface area (Å²) in [6, 6.07) is 7.03. The fraction of sp³-hybridized carbons (Fsp3) is 0.364. The molecule has 0 aliphatic carbocycles. The van der Waals surface area contributed by atoms with E-state index in [4.69, 9.17) is 15.2 Å². The molecule has 0 saturated heterocycles. The van der Waals surface area contributed by atoms with Gasteiger partial charge < -0.3 is 20.5 Å². The highest BCUT2D eigenvalue weighted by Crippen LogP contribution is 2.15. The van der Waals surface area contributed by atoms with Gasteiger partial charge in [0.2, 0.25) is 0 Å². The highest BCUT2D eigenvalue weighted by atomic mass is 16.5. The van der Waals surface area contributed by atoms with Crippen molar-refractivity contribution in [3.05, 3.63) is 24.3 Å². The molecule has 1 rings (SSSR count). The predicted octanol–water partition coefficient (Wildman–Crippen LogP) is 0.607. The average Bonchev–Trinajstić information content (AvgIpc) is 2.31. The van der Waals surface area contributed by atoms with Gasteiger partial charge in [-0.05, 0) is 24.3 Å². The van der Waals surface area contributed by atoms with Crippen LogP contribution in [0, 0.1) is 0 Å². The van der Waals surface area contributed by atoms with E-state index < -0.39 is 6.10 Å². The number of nitrogens with two attached hydrogens (primary N) is 1. The molecule has 5 nitrogen and oxygen atoms in total. The summed E-state index contributed by atoms with van der Waals surface area (Å²) in [4.78, 5) is 11.6. The predicted molar refractivity (Wildman–Crippen MR) is 61.5 cm³/mol. The SMILES string of the molecule is COc1ccc(NC(=O)C(CN)OC)cc1. The molecule has 0 aliphatic rings. The number of hydrogen-bond acceptors (Lipinski definition) is 4. The summed E-state index contributed by atoms with van der Waals surface area (Å²) in [6.07, 6.45) is -0.623. The molecule has 1 atom stereocenters. The molecule has 0 saturated carbocycles. The summed E-state index contributed by atoms with van der Waals surface area (Å²) in [7, 11) is 3.04. The molecule has 3 N–H and O–H groups in total. The topological polar surface area (TPSA) is 73.6 Å². The van der Waals surface area contributed by atoms with Crippen molar-refractivity contribution in [3.8, 4) is 5.75 Å².